The first-order valence-electron chi connectivity index (χ1n) is 8.34. The number of hydrogen-bond acceptors (Lipinski definition) is 5. The van der Waals surface area contributed by atoms with Crippen LogP contribution in [0.5, 0.6) is 0 Å². The Morgan fingerprint density at radius 2 is 1.84 bits per heavy atom. The van der Waals surface area contributed by atoms with Crippen molar-refractivity contribution in [1.82, 2.24) is 5.32 Å². The van der Waals surface area contributed by atoms with E-state index in [2.05, 4.69) is 10.6 Å². The molecule has 0 aliphatic heterocycles. The van der Waals surface area contributed by atoms with Crippen LogP contribution in [0.2, 0.25) is 5.02 Å². The number of nitro benzene ring substituents is 1. The highest BCUT2D eigenvalue weighted by molar-refractivity contribution is 6.30. The Bertz CT molecular complexity index is 637. The fourth-order valence-corrected chi connectivity index (χ4v) is 3.02. The molecule has 0 atom stereocenters. The number of anilines is 1. The summed E-state index contributed by atoms with van der Waals surface area (Å²) < 4.78 is 5.26. The van der Waals surface area contributed by atoms with E-state index in [9.17, 15) is 14.9 Å². The molecular formula is C17H24ClN3O4. The van der Waals surface area contributed by atoms with Gasteiger partial charge in [0.1, 0.15) is 11.3 Å². The largest absolute Gasteiger partial charge is 0.444 e. The van der Waals surface area contributed by atoms with Crippen LogP contribution in [-0.2, 0) is 4.74 Å². The van der Waals surface area contributed by atoms with Crippen molar-refractivity contribution in [3.8, 4) is 0 Å². The minimum absolute atomic E-state index is 0.0264. The Hall–Kier alpha value is -2.02. The molecule has 1 aromatic rings. The summed E-state index contributed by atoms with van der Waals surface area (Å²) >= 11 is 5.83. The lowest BCUT2D eigenvalue weighted by Gasteiger charge is -2.31. The maximum absolute atomic E-state index is 11.8. The zero-order valence-corrected chi connectivity index (χ0v) is 15.4. The highest BCUT2D eigenvalue weighted by Crippen LogP contribution is 2.30. The number of benzene rings is 1. The lowest BCUT2D eigenvalue weighted by atomic mass is 9.91. The van der Waals surface area contributed by atoms with Gasteiger partial charge in [0, 0.05) is 23.2 Å². The Labute approximate surface area is 152 Å². The highest BCUT2D eigenvalue weighted by atomic mass is 35.5. The van der Waals surface area contributed by atoms with Crippen LogP contribution in [-0.4, -0.2) is 28.7 Å². The van der Waals surface area contributed by atoms with Crippen molar-refractivity contribution in [1.29, 1.82) is 0 Å². The van der Waals surface area contributed by atoms with Crippen LogP contribution in [0, 0.1) is 10.1 Å². The van der Waals surface area contributed by atoms with E-state index in [1.165, 1.54) is 6.07 Å². The van der Waals surface area contributed by atoms with Crippen molar-refractivity contribution in [3.05, 3.63) is 33.3 Å². The minimum Gasteiger partial charge on any atom is -0.444 e. The first-order chi connectivity index (χ1) is 11.6. The van der Waals surface area contributed by atoms with Gasteiger partial charge in [-0.3, -0.25) is 10.1 Å². The van der Waals surface area contributed by atoms with E-state index in [-0.39, 0.29) is 17.8 Å². The van der Waals surface area contributed by atoms with E-state index in [0.717, 1.165) is 25.7 Å². The summed E-state index contributed by atoms with van der Waals surface area (Å²) in [5, 5.41) is 17.6. The summed E-state index contributed by atoms with van der Waals surface area (Å²) in [6, 6.07) is 4.79. The molecule has 138 valence electrons. The van der Waals surface area contributed by atoms with Crippen LogP contribution in [0.3, 0.4) is 0 Å². The molecule has 0 saturated heterocycles. The van der Waals surface area contributed by atoms with Crippen molar-refractivity contribution < 1.29 is 14.5 Å². The van der Waals surface area contributed by atoms with Gasteiger partial charge in [-0.25, -0.2) is 4.79 Å². The maximum atomic E-state index is 11.8. The Balaban J connectivity index is 1.87. The summed E-state index contributed by atoms with van der Waals surface area (Å²) in [6.45, 7) is 5.48. The number of rotatable bonds is 4. The molecule has 0 bridgehead atoms. The van der Waals surface area contributed by atoms with Crippen molar-refractivity contribution in [3.63, 3.8) is 0 Å². The molecule has 2 rings (SSSR count). The topological polar surface area (TPSA) is 93.5 Å². The van der Waals surface area contributed by atoms with Gasteiger partial charge in [0.15, 0.2) is 0 Å². The number of amides is 1. The molecule has 0 unspecified atom stereocenters. The van der Waals surface area contributed by atoms with Gasteiger partial charge in [-0.05, 0) is 58.6 Å². The number of carbonyl (C=O) groups excluding carboxylic acids is 1. The number of nitro groups is 1. The number of halogens is 1. The predicted octanol–water partition coefficient (Wildman–Crippen LogP) is 4.50. The molecule has 8 heteroatoms. The molecule has 1 amide bonds. The Morgan fingerprint density at radius 1 is 1.24 bits per heavy atom. The average molecular weight is 370 g/mol. The van der Waals surface area contributed by atoms with Gasteiger partial charge >= 0.3 is 6.09 Å². The third-order valence-corrected chi connectivity index (χ3v) is 4.20. The number of alkyl carbamates (subject to hydrolysis) is 1. The van der Waals surface area contributed by atoms with Gasteiger partial charge in [0.2, 0.25) is 0 Å². The molecule has 0 radical (unpaired) electrons. The molecular weight excluding hydrogens is 346 g/mol. The summed E-state index contributed by atoms with van der Waals surface area (Å²) in [5.41, 5.74) is -0.0736. The third kappa shape index (κ3) is 6.08. The summed E-state index contributed by atoms with van der Waals surface area (Å²) in [7, 11) is 0. The molecule has 1 aliphatic rings. The summed E-state index contributed by atoms with van der Waals surface area (Å²) in [6.07, 6.45) is 2.79. The molecule has 1 fully saturated rings. The van der Waals surface area contributed by atoms with Crippen LogP contribution in [0.15, 0.2) is 18.2 Å². The van der Waals surface area contributed by atoms with Gasteiger partial charge in [-0.15, -0.1) is 0 Å². The first kappa shape index (κ1) is 19.3. The standard InChI is InChI=1S/C17H24ClN3O4/c1-17(2,3)25-16(22)20-13-7-5-12(6-8-13)19-14-9-4-11(18)10-15(14)21(23)24/h4,9-10,12-13,19H,5-8H2,1-3H3,(H,20,22). The monoisotopic (exact) mass is 369 g/mol. The van der Waals surface area contributed by atoms with Crippen LogP contribution in [0.1, 0.15) is 46.5 Å². The highest BCUT2D eigenvalue weighted by Gasteiger charge is 2.26. The number of carbonyl (C=O) groups is 1. The lowest BCUT2D eigenvalue weighted by molar-refractivity contribution is -0.384. The molecule has 25 heavy (non-hydrogen) atoms. The molecule has 1 aromatic carbocycles. The molecule has 0 spiro atoms. The first-order valence-corrected chi connectivity index (χ1v) is 8.72. The van der Waals surface area contributed by atoms with Crippen LogP contribution >= 0.6 is 11.6 Å². The van der Waals surface area contributed by atoms with Gasteiger partial charge in [-0.1, -0.05) is 11.6 Å². The second-order valence-corrected chi connectivity index (χ2v) is 7.69. The van der Waals surface area contributed by atoms with E-state index in [0.29, 0.717) is 10.7 Å². The predicted molar refractivity (Wildman–Crippen MR) is 97.1 cm³/mol. The van der Waals surface area contributed by atoms with E-state index in [1.807, 2.05) is 20.8 Å². The summed E-state index contributed by atoms with van der Waals surface area (Å²) in [4.78, 5) is 22.5. The molecule has 0 heterocycles. The van der Waals surface area contributed by atoms with Gasteiger partial charge < -0.3 is 15.4 Å². The summed E-state index contributed by atoms with van der Waals surface area (Å²) in [5.74, 6) is 0. The third-order valence-electron chi connectivity index (χ3n) is 3.96. The van der Waals surface area contributed by atoms with Crippen LogP contribution in [0.25, 0.3) is 0 Å². The van der Waals surface area contributed by atoms with Crippen molar-refractivity contribution in [2.45, 2.75) is 64.1 Å². The number of nitrogens with zero attached hydrogens (tertiary/aromatic N) is 1. The van der Waals surface area contributed by atoms with E-state index in [1.54, 1.807) is 12.1 Å². The van der Waals surface area contributed by atoms with Crippen molar-refractivity contribution >= 4 is 29.1 Å². The van der Waals surface area contributed by atoms with Gasteiger partial charge in [0.05, 0.1) is 4.92 Å². The molecule has 1 saturated carbocycles. The van der Waals surface area contributed by atoms with Crippen molar-refractivity contribution in [2.24, 2.45) is 0 Å². The van der Waals surface area contributed by atoms with E-state index < -0.39 is 16.6 Å². The van der Waals surface area contributed by atoms with E-state index in [4.69, 9.17) is 16.3 Å². The number of hydrogen-bond donors (Lipinski definition) is 2. The number of nitrogens with one attached hydrogen (secondary N) is 2. The van der Waals surface area contributed by atoms with Crippen molar-refractivity contribution in [2.75, 3.05) is 5.32 Å². The lowest BCUT2D eigenvalue weighted by Crippen LogP contribution is -2.42. The quantitative estimate of drug-likeness (QED) is 0.602. The Kier molecular flexibility index (Phi) is 6.11. The minimum atomic E-state index is -0.518. The van der Waals surface area contributed by atoms with Gasteiger partial charge in [-0.2, -0.15) is 0 Å². The SMILES string of the molecule is CC(C)(C)OC(=O)NC1CCC(Nc2ccc(Cl)cc2[N+](=O)[O-])CC1. The van der Waals surface area contributed by atoms with Crippen LogP contribution in [0.4, 0.5) is 16.2 Å². The molecule has 0 aromatic heterocycles. The molecule has 2 N–H and O–H groups in total. The van der Waals surface area contributed by atoms with E-state index >= 15 is 0 Å². The van der Waals surface area contributed by atoms with Gasteiger partial charge in [0.25, 0.3) is 5.69 Å². The molecule has 7 nitrogen and oxygen atoms in total. The Morgan fingerprint density at radius 3 is 2.40 bits per heavy atom. The zero-order valence-electron chi connectivity index (χ0n) is 14.7. The zero-order chi connectivity index (χ0) is 18.6. The average Bonchev–Trinajstić information content (AvgIpc) is 2.49. The normalized spacial score (nSPS) is 20.6. The second-order valence-electron chi connectivity index (χ2n) is 7.26. The maximum Gasteiger partial charge on any atom is 0.407 e. The smallest absolute Gasteiger partial charge is 0.407 e. The van der Waals surface area contributed by atoms with Crippen LogP contribution < -0.4 is 10.6 Å². The fourth-order valence-electron chi connectivity index (χ4n) is 2.85. The number of ether oxygens (including phenoxy) is 1. The fraction of sp³-hybridized carbons (Fsp3) is 0.588. The molecule has 1 aliphatic carbocycles. The second kappa shape index (κ2) is 7.91.